The van der Waals surface area contributed by atoms with Gasteiger partial charge in [0.25, 0.3) is 0 Å². The van der Waals surface area contributed by atoms with E-state index in [-0.39, 0.29) is 18.5 Å². The number of aliphatic hydroxyl groups excluding tert-OH is 2. The van der Waals surface area contributed by atoms with E-state index < -0.39 is 18.0 Å². The maximum absolute atomic E-state index is 13.5. The van der Waals surface area contributed by atoms with Crippen molar-refractivity contribution in [1.82, 2.24) is 0 Å². The number of halogens is 2. The molecule has 0 aliphatic rings. The Balaban J connectivity index is 2.73. The molecule has 5 nitrogen and oxygen atoms in total. The van der Waals surface area contributed by atoms with Crippen molar-refractivity contribution in [2.75, 3.05) is 6.54 Å². The lowest BCUT2D eigenvalue weighted by Crippen LogP contribution is -2.20. The van der Waals surface area contributed by atoms with E-state index in [2.05, 4.69) is 26.0 Å². The average Bonchev–Trinajstić information content (AvgIpc) is 2.28. The molecule has 2 unspecified atom stereocenters. The molecule has 0 saturated heterocycles. The SMILES string of the molecule is [N-]=[N+]=NCCC(O)C(O)c1ccc(Br)cc1F. The van der Waals surface area contributed by atoms with Crippen molar-refractivity contribution in [3.05, 3.63) is 44.5 Å². The van der Waals surface area contributed by atoms with Gasteiger partial charge in [-0.2, -0.15) is 0 Å². The summed E-state index contributed by atoms with van der Waals surface area (Å²) in [7, 11) is 0. The van der Waals surface area contributed by atoms with E-state index in [4.69, 9.17) is 5.53 Å². The number of hydrogen-bond acceptors (Lipinski definition) is 3. The van der Waals surface area contributed by atoms with E-state index in [0.29, 0.717) is 4.47 Å². The van der Waals surface area contributed by atoms with Gasteiger partial charge in [-0.3, -0.25) is 0 Å². The Kier molecular flexibility index (Phi) is 5.37. The fraction of sp³-hybridized carbons (Fsp3) is 0.400. The van der Waals surface area contributed by atoms with Gasteiger partial charge in [-0.25, -0.2) is 4.39 Å². The number of nitrogens with zero attached hydrogens (tertiary/aromatic N) is 3. The molecule has 7 heteroatoms. The van der Waals surface area contributed by atoms with E-state index in [9.17, 15) is 14.6 Å². The molecule has 0 spiro atoms. The highest BCUT2D eigenvalue weighted by molar-refractivity contribution is 9.10. The van der Waals surface area contributed by atoms with Gasteiger partial charge >= 0.3 is 0 Å². The van der Waals surface area contributed by atoms with Crippen molar-refractivity contribution >= 4 is 15.9 Å². The molecule has 0 aliphatic heterocycles. The third-order valence-electron chi connectivity index (χ3n) is 2.23. The molecule has 0 fully saturated rings. The zero-order valence-electron chi connectivity index (χ0n) is 8.79. The van der Waals surface area contributed by atoms with Crippen molar-refractivity contribution in [3.8, 4) is 0 Å². The zero-order valence-corrected chi connectivity index (χ0v) is 10.4. The number of benzene rings is 1. The first kappa shape index (κ1) is 13.9. The minimum atomic E-state index is -1.34. The third-order valence-corrected chi connectivity index (χ3v) is 2.73. The lowest BCUT2D eigenvalue weighted by Gasteiger charge is -2.18. The standard InChI is InChI=1S/C10H11BrFN3O2/c11-6-1-2-7(8(12)5-6)10(17)9(16)3-4-14-15-13/h1-2,5,9-10,16-17H,3-4H2. The van der Waals surface area contributed by atoms with Crippen LogP contribution >= 0.6 is 15.9 Å². The number of hydrogen-bond donors (Lipinski definition) is 2. The first-order valence-corrected chi connectivity index (χ1v) is 5.67. The van der Waals surface area contributed by atoms with E-state index in [1.807, 2.05) is 0 Å². The largest absolute Gasteiger partial charge is 0.390 e. The first-order valence-electron chi connectivity index (χ1n) is 4.88. The number of rotatable bonds is 5. The molecule has 1 rings (SSSR count). The Morgan fingerprint density at radius 1 is 1.47 bits per heavy atom. The normalized spacial score (nSPS) is 13.9. The monoisotopic (exact) mass is 303 g/mol. The summed E-state index contributed by atoms with van der Waals surface area (Å²) in [6.45, 7) is 0.0485. The van der Waals surface area contributed by atoms with Crippen LogP contribution in [-0.2, 0) is 0 Å². The molecule has 0 aromatic heterocycles. The van der Waals surface area contributed by atoms with Gasteiger partial charge in [0.15, 0.2) is 0 Å². The van der Waals surface area contributed by atoms with Gasteiger partial charge in [0, 0.05) is 21.5 Å². The average molecular weight is 304 g/mol. The Morgan fingerprint density at radius 2 is 2.18 bits per heavy atom. The van der Waals surface area contributed by atoms with E-state index in [1.54, 1.807) is 6.07 Å². The van der Waals surface area contributed by atoms with Gasteiger partial charge in [-0.1, -0.05) is 27.1 Å². The van der Waals surface area contributed by atoms with Crippen LogP contribution in [0.15, 0.2) is 27.8 Å². The smallest absolute Gasteiger partial charge is 0.130 e. The molecule has 1 aromatic rings. The van der Waals surface area contributed by atoms with Crippen molar-refractivity contribution in [2.24, 2.45) is 5.11 Å². The van der Waals surface area contributed by atoms with Gasteiger partial charge < -0.3 is 10.2 Å². The summed E-state index contributed by atoms with van der Waals surface area (Å²) >= 11 is 3.09. The second kappa shape index (κ2) is 6.56. The van der Waals surface area contributed by atoms with Gasteiger partial charge in [0.1, 0.15) is 11.9 Å². The van der Waals surface area contributed by atoms with Gasteiger partial charge in [-0.15, -0.1) is 0 Å². The van der Waals surface area contributed by atoms with Crippen LogP contribution in [0.5, 0.6) is 0 Å². The molecule has 1 aromatic carbocycles. The van der Waals surface area contributed by atoms with Crippen LogP contribution in [0.4, 0.5) is 4.39 Å². The molecule has 0 aliphatic carbocycles. The van der Waals surface area contributed by atoms with Crippen molar-refractivity contribution in [2.45, 2.75) is 18.6 Å². The predicted molar refractivity (Wildman–Crippen MR) is 63.7 cm³/mol. The molecule has 17 heavy (non-hydrogen) atoms. The Labute approximate surface area is 106 Å². The van der Waals surface area contributed by atoms with Crippen LogP contribution in [0.25, 0.3) is 10.4 Å². The molecular weight excluding hydrogens is 293 g/mol. The molecule has 2 N–H and O–H groups in total. The predicted octanol–water partition coefficient (Wildman–Crippen LogP) is 2.68. The molecule has 0 bridgehead atoms. The molecule has 0 radical (unpaired) electrons. The maximum atomic E-state index is 13.5. The summed E-state index contributed by atoms with van der Waals surface area (Å²) < 4.78 is 14.0. The topological polar surface area (TPSA) is 89.2 Å². The van der Waals surface area contributed by atoms with Crippen LogP contribution in [0, 0.1) is 5.82 Å². The highest BCUT2D eigenvalue weighted by atomic mass is 79.9. The molecule has 0 amide bonds. The Morgan fingerprint density at radius 3 is 2.76 bits per heavy atom. The minimum Gasteiger partial charge on any atom is -0.390 e. The molecule has 2 atom stereocenters. The van der Waals surface area contributed by atoms with Crippen LogP contribution in [0.2, 0.25) is 0 Å². The number of aliphatic hydroxyl groups is 2. The summed E-state index contributed by atoms with van der Waals surface area (Å²) in [5.74, 6) is -0.602. The lowest BCUT2D eigenvalue weighted by molar-refractivity contribution is 0.0130. The Bertz CT molecular complexity index is 438. The van der Waals surface area contributed by atoms with E-state index >= 15 is 0 Å². The Hall–Kier alpha value is -1.14. The fourth-order valence-electron chi connectivity index (χ4n) is 1.34. The molecule has 0 saturated carbocycles. The van der Waals surface area contributed by atoms with E-state index in [1.165, 1.54) is 12.1 Å². The minimum absolute atomic E-state index is 0.0154. The van der Waals surface area contributed by atoms with Gasteiger partial charge in [-0.05, 0) is 24.1 Å². The van der Waals surface area contributed by atoms with Gasteiger partial charge in [0.05, 0.1) is 6.10 Å². The van der Waals surface area contributed by atoms with E-state index in [0.717, 1.165) is 0 Å². The first-order chi connectivity index (χ1) is 8.06. The fourth-order valence-corrected chi connectivity index (χ4v) is 1.67. The third kappa shape index (κ3) is 3.98. The maximum Gasteiger partial charge on any atom is 0.130 e. The highest BCUT2D eigenvalue weighted by Crippen LogP contribution is 2.24. The van der Waals surface area contributed by atoms with Crippen molar-refractivity contribution in [1.29, 1.82) is 0 Å². The summed E-state index contributed by atoms with van der Waals surface area (Å²) in [5.41, 5.74) is 8.07. The second-order valence-corrected chi connectivity index (χ2v) is 4.34. The van der Waals surface area contributed by atoms with Crippen LogP contribution < -0.4 is 0 Å². The van der Waals surface area contributed by atoms with Crippen LogP contribution in [-0.4, -0.2) is 22.9 Å². The molecular formula is C10H11BrFN3O2. The lowest BCUT2D eigenvalue weighted by atomic mass is 10.0. The quantitative estimate of drug-likeness (QED) is 0.497. The zero-order chi connectivity index (χ0) is 12.8. The van der Waals surface area contributed by atoms with Crippen molar-refractivity contribution in [3.63, 3.8) is 0 Å². The second-order valence-electron chi connectivity index (χ2n) is 3.42. The van der Waals surface area contributed by atoms with Crippen LogP contribution in [0.1, 0.15) is 18.1 Å². The highest BCUT2D eigenvalue weighted by Gasteiger charge is 2.20. The summed E-state index contributed by atoms with van der Waals surface area (Å²) in [6, 6.07) is 4.17. The van der Waals surface area contributed by atoms with Gasteiger partial charge in [0.2, 0.25) is 0 Å². The summed E-state index contributed by atoms with van der Waals surface area (Å²) in [5, 5.41) is 22.5. The van der Waals surface area contributed by atoms with Crippen molar-refractivity contribution < 1.29 is 14.6 Å². The number of azide groups is 1. The van der Waals surface area contributed by atoms with Crippen LogP contribution in [0.3, 0.4) is 0 Å². The molecule has 92 valence electrons. The summed E-state index contributed by atoms with van der Waals surface area (Å²) in [6.07, 6.45) is -2.44. The molecule has 0 heterocycles. The summed E-state index contributed by atoms with van der Waals surface area (Å²) in [4.78, 5) is 2.52.